The maximum absolute atomic E-state index is 11.9. The van der Waals surface area contributed by atoms with Gasteiger partial charge in [0.05, 0.1) is 24.1 Å². The summed E-state index contributed by atoms with van der Waals surface area (Å²) in [6.45, 7) is 0. The number of pyridine rings is 1. The maximum atomic E-state index is 11.9. The van der Waals surface area contributed by atoms with Gasteiger partial charge in [0.1, 0.15) is 5.82 Å². The second kappa shape index (κ2) is 4.58. The van der Waals surface area contributed by atoms with Gasteiger partial charge in [0.2, 0.25) is 5.88 Å². The Morgan fingerprint density at radius 1 is 1.41 bits per heavy atom. The van der Waals surface area contributed by atoms with Gasteiger partial charge in [-0.25, -0.2) is 0 Å². The first-order valence-corrected chi connectivity index (χ1v) is 4.19. The number of aromatic nitrogens is 1. The summed E-state index contributed by atoms with van der Waals surface area (Å²) in [5.74, 6) is -1.15. The lowest BCUT2D eigenvalue weighted by atomic mass is 10.1. The Morgan fingerprint density at radius 3 is 2.53 bits per heavy atom. The van der Waals surface area contributed by atoms with Gasteiger partial charge in [-0.3, -0.25) is 0 Å². The van der Waals surface area contributed by atoms with E-state index < -0.39 is 12.2 Å². The summed E-state index contributed by atoms with van der Waals surface area (Å²) in [5.41, 5.74) is 5.26. The van der Waals surface area contributed by atoms with E-state index in [-0.39, 0.29) is 23.4 Å². The molecule has 1 heterocycles. The van der Waals surface area contributed by atoms with Crippen LogP contribution in [0, 0.1) is 22.7 Å². The number of alkyl halides is 3. The van der Waals surface area contributed by atoms with Crippen molar-refractivity contribution in [3.63, 3.8) is 0 Å². The Labute approximate surface area is 93.8 Å². The van der Waals surface area contributed by atoms with Crippen LogP contribution in [-0.2, 0) is 6.42 Å². The summed E-state index contributed by atoms with van der Waals surface area (Å²) < 4.78 is 39.3. The lowest BCUT2D eigenvalue weighted by Crippen LogP contribution is -2.18. The largest absolute Gasteiger partial charge is 0.574 e. The fraction of sp³-hybridized carbons (Fsp3) is 0.222. The van der Waals surface area contributed by atoms with Gasteiger partial charge in [-0.1, -0.05) is 0 Å². The molecule has 0 saturated carbocycles. The van der Waals surface area contributed by atoms with Gasteiger partial charge < -0.3 is 10.5 Å². The van der Waals surface area contributed by atoms with Crippen molar-refractivity contribution in [2.24, 2.45) is 0 Å². The van der Waals surface area contributed by atoms with E-state index >= 15 is 0 Å². The zero-order valence-corrected chi connectivity index (χ0v) is 8.25. The predicted molar refractivity (Wildman–Crippen MR) is 49.4 cm³/mol. The molecular formula is C9H5F3N4O. The molecular weight excluding hydrogens is 237 g/mol. The van der Waals surface area contributed by atoms with Gasteiger partial charge in [-0.15, -0.1) is 13.2 Å². The lowest BCUT2D eigenvalue weighted by molar-refractivity contribution is -0.276. The van der Waals surface area contributed by atoms with Crippen molar-refractivity contribution in [1.29, 1.82) is 10.5 Å². The zero-order valence-electron chi connectivity index (χ0n) is 8.25. The highest BCUT2D eigenvalue weighted by Gasteiger charge is 2.32. The van der Waals surface area contributed by atoms with E-state index in [4.69, 9.17) is 16.3 Å². The van der Waals surface area contributed by atoms with Gasteiger partial charge in [0, 0.05) is 11.6 Å². The van der Waals surface area contributed by atoms with E-state index in [0.29, 0.717) is 0 Å². The van der Waals surface area contributed by atoms with Gasteiger partial charge in [0.25, 0.3) is 0 Å². The molecule has 17 heavy (non-hydrogen) atoms. The quantitative estimate of drug-likeness (QED) is 0.847. The number of rotatable bonds is 2. The van der Waals surface area contributed by atoms with E-state index in [1.165, 1.54) is 0 Å². The highest BCUT2D eigenvalue weighted by Crippen LogP contribution is 2.25. The van der Waals surface area contributed by atoms with Crippen molar-refractivity contribution in [3.8, 4) is 18.0 Å². The lowest BCUT2D eigenvalue weighted by Gasteiger charge is -2.10. The topological polar surface area (TPSA) is 95.7 Å². The minimum Gasteiger partial charge on any atom is -0.388 e. The van der Waals surface area contributed by atoms with E-state index in [1.54, 1.807) is 12.1 Å². The smallest absolute Gasteiger partial charge is 0.388 e. The average Bonchev–Trinajstić information content (AvgIpc) is 2.19. The number of nitriles is 2. The zero-order chi connectivity index (χ0) is 13.1. The fourth-order valence-electron chi connectivity index (χ4n) is 1.10. The Bertz CT molecular complexity index is 513. The van der Waals surface area contributed by atoms with Crippen LogP contribution in [0.25, 0.3) is 0 Å². The number of halogens is 3. The third-order valence-electron chi connectivity index (χ3n) is 1.73. The Kier molecular flexibility index (Phi) is 3.39. The van der Waals surface area contributed by atoms with Crippen LogP contribution in [0.2, 0.25) is 0 Å². The Morgan fingerprint density at radius 2 is 2.06 bits per heavy atom. The van der Waals surface area contributed by atoms with Crippen LogP contribution in [-0.4, -0.2) is 11.3 Å². The molecule has 5 nitrogen and oxygen atoms in total. The highest BCUT2D eigenvalue weighted by atomic mass is 19.4. The number of nitrogens with two attached hydrogens (primary N) is 1. The highest BCUT2D eigenvalue weighted by molar-refractivity contribution is 5.53. The van der Waals surface area contributed by atoms with Crippen LogP contribution < -0.4 is 10.5 Å². The summed E-state index contributed by atoms with van der Waals surface area (Å²) in [5, 5.41) is 17.2. The first-order chi connectivity index (χ1) is 7.87. The van der Waals surface area contributed by atoms with E-state index in [2.05, 4.69) is 9.72 Å². The molecule has 0 aliphatic carbocycles. The molecule has 0 aliphatic rings. The van der Waals surface area contributed by atoms with Crippen molar-refractivity contribution >= 4 is 5.82 Å². The van der Waals surface area contributed by atoms with Crippen LogP contribution in [0.15, 0.2) is 6.07 Å². The third kappa shape index (κ3) is 3.24. The molecule has 1 rings (SSSR count). The standard InChI is InChI=1S/C9H5F3N4O/c10-9(11,12)17-7-3-5(4-14)6(1-2-13)8(15)16-7/h3H,1H2,(H2,15,16). The molecule has 0 aromatic carbocycles. The molecule has 0 unspecified atom stereocenters. The van der Waals surface area contributed by atoms with Crippen LogP contribution in [0.1, 0.15) is 11.1 Å². The second-order valence-corrected chi connectivity index (χ2v) is 2.87. The molecule has 0 fully saturated rings. The van der Waals surface area contributed by atoms with E-state index in [9.17, 15) is 13.2 Å². The maximum Gasteiger partial charge on any atom is 0.574 e. The van der Waals surface area contributed by atoms with Gasteiger partial charge in [0.15, 0.2) is 0 Å². The van der Waals surface area contributed by atoms with Crippen molar-refractivity contribution < 1.29 is 17.9 Å². The summed E-state index contributed by atoms with van der Waals surface area (Å²) in [4.78, 5) is 3.32. The van der Waals surface area contributed by atoms with Crippen molar-refractivity contribution in [3.05, 3.63) is 17.2 Å². The van der Waals surface area contributed by atoms with E-state index in [0.717, 1.165) is 6.07 Å². The number of hydrogen-bond acceptors (Lipinski definition) is 5. The number of nitrogen functional groups attached to an aromatic ring is 1. The predicted octanol–water partition coefficient (Wildman–Crippen LogP) is 1.50. The van der Waals surface area contributed by atoms with Crippen LogP contribution in [0.5, 0.6) is 5.88 Å². The monoisotopic (exact) mass is 242 g/mol. The van der Waals surface area contributed by atoms with Gasteiger partial charge in [-0.2, -0.15) is 15.5 Å². The molecule has 8 heteroatoms. The SMILES string of the molecule is N#CCc1c(C#N)cc(OC(F)(F)F)nc1N. The number of nitrogens with zero attached hydrogens (tertiary/aromatic N) is 3. The molecule has 1 aromatic rings. The van der Waals surface area contributed by atoms with Crippen LogP contribution >= 0.6 is 0 Å². The van der Waals surface area contributed by atoms with Crippen molar-refractivity contribution in [1.82, 2.24) is 4.98 Å². The summed E-state index contributed by atoms with van der Waals surface area (Å²) >= 11 is 0. The molecule has 0 saturated heterocycles. The molecule has 2 N–H and O–H groups in total. The molecule has 1 aromatic heterocycles. The normalized spacial score (nSPS) is 10.4. The summed E-state index contributed by atoms with van der Waals surface area (Å²) in [7, 11) is 0. The first-order valence-electron chi connectivity index (χ1n) is 4.19. The molecule has 88 valence electrons. The molecule has 0 radical (unpaired) electrons. The second-order valence-electron chi connectivity index (χ2n) is 2.87. The van der Waals surface area contributed by atoms with Crippen molar-refractivity contribution in [2.45, 2.75) is 12.8 Å². The van der Waals surface area contributed by atoms with Crippen LogP contribution in [0.3, 0.4) is 0 Å². The van der Waals surface area contributed by atoms with Crippen LogP contribution in [0.4, 0.5) is 19.0 Å². The minimum absolute atomic E-state index is 0.0875. The minimum atomic E-state index is -4.91. The number of hydrogen-bond donors (Lipinski definition) is 1. The third-order valence-corrected chi connectivity index (χ3v) is 1.73. The molecule has 0 bridgehead atoms. The molecule has 0 aliphatic heterocycles. The molecule has 0 spiro atoms. The molecule has 0 atom stereocenters. The Balaban J connectivity index is 3.20. The first kappa shape index (κ1) is 12.6. The summed E-state index contributed by atoms with van der Waals surface area (Å²) in [6.07, 6.45) is -5.13. The molecule has 0 amide bonds. The fourth-order valence-corrected chi connectivity index (χ4v) is 1.10. The van der Waals surface area contributed by atoms with E-state index in [1.807, 2.05) is 0 Å². The number of anilines is 1. The summed E-state index contributed by atoms with van der Waals surface area (Å²) in [6, 6.07) is 4.15. The number of ether oxygens (including phenoxy) is 1. The van der Waals surface area contributed by atoms with Gasteiger partial charge in [-0.05, 0) is 0 Å². The van der Waals surface area contributed by atoms with Gasteiger partial charge >= 0.3 is 6.36 Å². The van der Waals surface area contributed by atoms with Crippen molar-refractivity contribution in [2.75, 3.05) is 5.73 Å². The Hall–Kier alpha value is -2.48. The average molecular weight is 242 g/mol.